The van der Waals surface area contributed by atoms with Crippen molar-refractivity contribution < 1.29 is 14.3 Å². The van der Waals surface area contributed by atoms with E-state index in [0.29, 0.717) is 33.8 Å². The number of ether oxygens (including phenoxy) is 2. The van der Waals surface area contributed by atoms with Crippen molar-refractivity contribution in [3.63, 3.8) is 0 Å². The number of carbonyl (C=O) groups excluding carboxylic acids is 1. The molecule has 0 radical (unpaired) electrons. The molecule has 0 saturated heterocycles. The van der Waals surface area contributed by atoms with Crippen LogP contribution >= 0.6 is 38.5 Å². The fourth-order valence-corrected chi connectivity index (χ4v) is 5.04. The number of aromatic nitrogens is 2. The molecule has 10 heteroatoms. The molecule has 1 heterocycles. The number of nitrogens with zero attached hydrogens (tertiary/aromatic N) is 3. The van der Waals surface area contributed by atoms with E-state index >= 15 is 0 Å². The van der Waals surface area contributed by atoms with E-state index in [1.165, 1.54) is 11.8 Å². The van der Waals surface area contributed by atoms with E-state index in [1.807, 2.05) is 63.2 Å². The van der Waals surface area contributed by atoms with Gasteiger partial charge in [-0.05, 0) is 83.5 Å². The fourth-order valence-electron chi connectivity index (χ4n) is 3.90. The zero-order valence-corrected chi connectivity index (χ0v) is 25.7. The number of nitrogens with one attached hydrogen (secondary N) is 1. The molecular weight excluding hydrogens is 675 g/mol. The van der Waals surface area contributed by atoms with Crippen LogP contribution in [0, 0.1) is 10.5 Å². The number of halogens is 2. The second-order valence-corrected chi connectivity index (χ2v) is 11.1. The van der Waals surface area contributed by atoms with Crippen LogP contribution in [0.1, 0.15) is 43.1 Å². The zero-order valence-electron chi connectivity index (χ0n) is 22.0. The zero-order chi connectivity index (χ0) is 28.1. The van der Waals surface area contributed by atoms with Crippen molar-refractivity contribution in [2.24, 2.45) is 5.10 Å². The molecule has 39 heavy (non-hydrogen) atoms. The topological polar surface area (TPSA) is 94.8 Å². The lowest BCUT2D eigenvalue weighted by Crippen LogP contribution is -2.23. The summed E-state index contributed by atoms with van der Waals surface area (Å²) in [6, 6.07) is 16.6. The molecule has 1 amide bonds. The van der Waals surface area contributed by atoms with E-state index in [0.717, 1.165) is 25.7 Å². The first-order valence-corrected chi connectivity index (χ1v) is 14.2. The first kappa shape index (κ1) is 28.8. The summed E-state index contributed by atoms with van der Waals surface area (Å²) in [5.74, 6) is 1.24. The number of amides is 1. The number of para-hydroxylation sites is 1. The quantitative estimate of drug-likeness (QED) is 0.159. The molecule has 1 N–H and O–H groups in total. The maximum absolute atomic E-state index is 13.4. The van der Waals surface area contributed by atoms with Crippen molar-refractivity contribution in [1.29, 1.82) is 0 Å². The predicted octanol–water partition coefficient (Wildman–Crippen LogP) is 6.49. The summed E-state index contributed by atoms with van der Waals surface area (Å²) in [7, 11) is 1.53. The number of rotatable bonds is 9. The molecule has 0 spiro atoms. The third-order valence-electron chi connectivity index (χ3n) is 6.23. The summed E-state index contributed by atoms with van der Waals surface area (Å²) in [5.41, 5.74) is 2.79. The summed E-state index contributed by atoms with van der Waals surface area (Å²) in [6.07, 6.45) is 2.40. The predicted molar refractivity (Wildman–Crippen MR) is 166 cm³/mol. The highest BCUT2D eigenvalue weighted by atomic mass is 127. The Morgan fingerprint density at radius 2 is 2.00 bits per heavy atom. The van der Waals surface area contributed by atoms with Crippen LogP contribution in [-0.4, -0.2) is 35.5 Å². The van der Waals surface area contributed by atoms with E-state index in [-0.39, 0.29) is 24.0 Å². The lowest BCUT2D eigenvalue weighted by Gasteiger charge is -2.15. The monoisotopic (exact) mass is 702 g/mol. The number of fused-ring (bicyclic) bond motifs is 1. The summed E-state index contributed by atoms with van der Waals surface area (Å²) in [5, 5.41) is 7.88. The average Bonchev–Trinajstić information content (AvgIpc) is 2.92. The smallest absolute Gasteiger partial charge is 0.282 e. The minimum absolute atomic E-state index is 0.0270. The second-order valence-electron chi connectivity index (χ2n) is 8.99. The third kappa shape index (κ3) is 6.67. The maximum atomic E-state index is 13.4. The minimum Gasteiger partial charge on any atom is -0.493 e. The van der Waals surface area contributed by atoms with E-state index in [9.17, 15) is 9.59 Å². The van der Waals surface area contributed by atoms with Crippen LogP contribution < -0.4 is 20.3 Å². The Bertz CT molecular complexity index is 1620. The highest BCUT2D eigenvalue weighted by Crippen LogP contribution is 2.33. The minimum atomic E-state index is -0.278. The van der Waals surface area contributed by atoms with Crippen molar-refractivity contribution in [2.75, 3.05) is 19.0 Å². The molecule has 0 bridgehead atoms. The Morgan fingerprint density at radius 1 is 1.23 bits per heavy atom. The van der Waals surface area contributed by atoms with Gasteiger partial charge in [0.15, 0.2) is 18.1 Å². The van der Waals surface area contributed by atoms with Gasteiger partial charge in [-0.3, -0.25) is 9.59 Å². The highest BCUT2D eigenvalue weighted by molar-refractivity contribution is 14.1. The van der Waals surface area contributed by atoms with E-state index < -0.39 is 0 Å². The lowest BCUT2D eigenvalue weighted by molar-refractivity contribution is -0.118. The van der Waals surface area contributed by atoms with Gasteiger partial charge in [-0.2, -0.15) is 9.78 Å². The van der Waals surface area contributed by atoms with Crippen LogP contribution in [0.15, 0.2) is 69.0 Å². The molecule has 0 aliphatic heterocycles. The van der Waals surface area contributed by atoms with Crippen LogP contribution in [0.4, 0.5) is 5.69 Å². The van der Waals surface area contributed by atoms with Gasteiger partial charge in [-0.1, -0.05) is 48.0 Å². The SMILES string of the molecule is CC[C@H](C)c1nc2ccc(Br)cc2c(=O)n1N=Cc1cc(I)c(OCC(=O)Nc2ccccc2C)c(OC)c1. The summed E-state index contributed by atoms with van der Waals surface area (Å²) < 4.78 is 14.3. The summed E-state index contributed by atoms with van der Waals surface area (Å²) >= 11 is 5.56. The number of benzene rings is 3. The van der Waals surface area contributed by atoms with Gasteiger partial charge in [-0.25, -0.2) is 4.98 Å². The van der Waals surface area contributed by atoms with Gasteiger partial charge in [0.25, 0.3) is 11.5 Å². The molecule has 0 aliphatic carbocycles. The molecule has 0 aliphatic rings. The standard InChI is InChI=1S/C29H28BrIN4O4/c1-5-17(2)28-34-24-11-10-20(30)14-21(24)29(37)35(28)32-15-19-12-22(31)27(25(13-19)38-4)39-16-26(36)33-23-9-7-6-8-18(23)3/h6-15,17H,5,16H2,1-4H3,(H,33,36)/t17-/m0/s1. The molecule has 4 aromatic rings. The molecule has 1 aromatic heterocycles. The largest absolute Gasteiger partial charge is 0.493 e. The Balaban J connectivity index is 1.61. The van der Waals surface area contributed by atoms with Crippen molar-refractivity contribution >= 4 is 67.2 Å². The lowest BCUT2D eigenvalue weighted by atomic mass is 10.1. The number of hydrogen-bond acceptors (Lipinski definition) is 6. The molecule has 0 saturated carbocycles. The Kier molecular flexibility index (Phi) is 9.39. The maximum Gasteiger partial charge on any atom is 0.282 e. The van der Waals surface area contributed by atoms with Gasteiger partial charge < -0.3 is 14.8 Å². The third-order valence-corrected chi connectivity index (χ3v) is 7.52. The number of anilines is 1. The Morgan fingerprint density at radius 3 is 2.72 bits per heavy atom. The van der Waals surface area contributed by atoms with E-state index in [2.05, 4.69) is 48.9 Å². The van der Waals surface area contributed by atoms with Crippen molar-refractivity contribution in [3.8, 4) is 11.5 Å². The molecular formula is C29H28BrIN4O4. The van der Waals surface area contributed by atoms with Gasteiger partial charge >= 0.3 is 0 Å². The summed E-state index contributed by atoms with van der Waals surface area (Å²) in [6.45, 7) is 5.81. The van der Waals surface area contributed by atoms with Crippen molar-refractivity contribution in [3.05, 3.63) is 89.9 Å². The van der Waals surface area contributed by atoms with Crippen LogP contribution in [0.2, 0.25) is 0 Å². The fraction of sp³-hybridized carbons (Fsp3) is 0.241. The number of methoxy groups -OCH3 is 1. The average molecular weight is 703 g/mol. The number of hydrogen-bond donors (Lipinski definition) is 1. The van der Waals surface area contributed by atoms with Gasteiger partial charge in [0, 0.05) is 16.1 Å². The van der Waals surface area contributed by atoms with Gasteiger partial charge in [0.05, 0.1) is 27.8 Å². The van der Waals surface area contributed by atoms with Crippen LogP contribution in [-0.2, 0) is 4.79 Å². The highest BCUT2D eigenvalue weighted by Gasteiger charge is 2.17. The number of aryl methyl sites for hydroxylation is 1. The molecule has 202 valence electrons. The van der Waals surface area contributed by atoms with Gasteiger partial charge in [-0.15, -0.1) is 0 Å². The summed E-state index contributed by atoms with van der Waals surface area (Å²) in [4.78, 5) is 30.6. The van der Waals surface area contributed by atoms with Gasteiger partial charge in [0.1, 0.15) is 5.82 Å². The molecule has 0 fully saturated rings. The second kappa shape index (κ2) is 12.7. The molecule has 0 unspecified atom stereocenters. The Labute approximate surface area is 248 Å². The number of carbonyl (C=O) groups is 1. The van der Waals surface area contributed by atoms with Crippen LogP contribution in [0.25, 0.3) is 10.9 Å². The van der Waals surface area contributed by atoms with Crippen molar-refractivity contribution in [1.82, 2.24) is 9.66 Å². The van der Waals surface area contributed by atoms with Crippen molar-refractivity contribution in [2.45, 2.75) is 33.1 Å². The van der Waals surface area contributed by atoms with Crippen LogP contribution in [0.3, 0.4) is 0 Å². The van der Waals surface area contributed by atoms with Gasteiger partial charge in [0.2, 0.25) is 0 Å². The molecule has 1 atom stereocenters. The molecule has 8 nitrogen and oxygen atoms in total. The van der Waals surface area contributed by atoms with E-state index in [1.54, 1.807) is 18.3 Å². The van der Waals surface area contributed by atoms with E-state index in [4.69, 9.17) is 14.5 Å². The Hall–Kier alpha value is -3.25. The molecule has 4 rings (SSSR count). The molecule has 3 aromatic carbocycles. The van der Waals surface area contributed by atoms with Crippen LogP contribution in [0.5, 0.6) is 11.5 Å². The normalized spacial score (nSPS) is 12.1. The first-order chi connectivity index (χ1) is 18.7. The first-order valence-electron chi connectivity index (χ1n) is 12.3.